The molecular weight excluding hydrogens is 525 g/mol. The number of ether oxygens (including phenoxy) is 1. The summed E-state index contributed by atoms with van der Waals surface area (Å²) in [5, 5.41) is 29.5. The fourth-order valence-electron chi connectivity index (χ4n) is 6.84. The van der Waals surface area contributed by atoms with E-state index in [1.54, 1.807) is 19.2 Å². The average molecular weight is 567 g/mol. The number of benzene rings is 1. The van der Waals surface area contributed by atoms with Crippen molar-refractivity contribution in [1.29, 1.82) is 0 Å². The number of aliphatic carboxylic acids is 1. The summed E-state index contributed by atoms with van der Waals surface area (Å²) in [7, 11) is 0.582. The first-order valence-electron chi connectivity index (χ1n) is 14.8. The van der Waals surface area contributed by atoms with E-state index in [9.17, 15) is 24.5 Å². The molecule has 0 bridgehead atoms. The number of rotatable bonds is 14. The van der Waals surface area contributed by atoms with Crippen molar-refractivity contribution in [3.05, 3.63) is 46.5 Å². The molecule has 4 rings (SSSR count). The number of carbonyl (C=O) groups is 3. The topological polar surface area (TPSA) is 134 Å². The van der Waals surface area contributed by atoms with Crippen molar-refractivity contribution in [3.8, 4) is 5.75 Å². The third-order valence-corrected chi connectivity index (χ3v) is 8.53. The van der Waals surface area contributed by atoms with E-state index in [1.807, 2.05) is 12.1 Å². The van der Waals surface area contributed by atoms with Crippen LogP contribution in [0.4, 0.5) is 0 Å². The molecule has 41 heavy (non-hydrogen) atoms. The number of hydrogen-bond donors (Lipinski definition) is 3. The monoisotopic (exact) mass is 567 g/mol. The number of phenols is 1. The standard InChI is InChI=1S/C31H42BNO8/c1-3-8-20(15-21-9-7-10-23(34)16-21)12-13-26-28-22(19-40-2)17-24-29(25(28)18-32(39)41-26)31(38)33(30(24)37)14-6-4-5-11-27(35)36/h7,9-10,15-16,24-26,29,34,39H,3-6,8,11-14,17-19H2,1-2H3,(H,35,36)/b20-15+/t24-,25+,26-,29-/m1/s1. The first-order chi connectivity index (χ1) is 19.7. The lowest BCUT2D eigenvalue weighted by atomic mass is 9.58. The van der Waals surface area contributed by atoms with Crippen molar-refractivity contribution in [2.45, 2.75) is 77.1 Å². The average Bonchev–Trinajstić information content (AvgIpc) is 3.16. The van der Waals surface area contributed by atoms with Crippen molar-refractivity contribution in [3.63, 3.8) is 0 Å². The van der Waals surface area contributed by atoms with Crippen LogP contribution in [0, 0.1) is 17.8 Å². The number of imide groups is 1. The number of methoxy groups -OCH3 is 1. The SMILES string of the molecule is CCC/C(=C\c1cccc(O)c1)CC[C@H]1OB(O)C[C@H]2C1=C(COC)C[C@H]1C(=O)N(CCCCCC(=O)O)C(=O)[C@H]12. The number of carbonyl (C=O) groups excluding carboxylic acids is 2. The maximum Gasteiger partial charge on any atom is 0.455 e. The number of likely N-dealkylation sites (tertiary alicyclic amines) is 1. The van der Waals surface area contributed by atoms with Crippen LogP contribution in [0.1, 0.15) is 70.3 Å². The molecule has 4 atom stereocenters. The number of amides is 2. The summed E-state index contributed by atoms with van der Waals surface area (Å²) in [6.07, 6.45) is 7.36. The molecule has 0 spiro atoms. The lowest BCUT2D eigenvalue weighted by Gasteiger charge is -2.43. The van der Waals surface area contributed by atoms with Gasteiger partial charge in [0.1, 0.15) is 5.75 Å². The molecule has 10 heteroatoms. The Balaban J connectivity index is 1.53. The highest BCUT2D eigenvalue weighted by atomic mass is 16.5. The van der Waals surface area contributed by atoms with Gasteiger partial charge in [0.2, 0.25) is 11.8 Å². The molecule has 1 aromatic carbocycles. The van der Waals surface area contributed by atoms with Gasteiger partial charge in [-0.05, 0) is 79.6 Å². The lowest BCUT2D eigenvalue weighted by Crippen LogP contribution is -2.46. The molecule has 1 aliphatic carbocycles. The summed E-state index contributed by atoms with van der Waals surface area (Å²) < 4.78 is 11.6. The van der Waals surface area contributed by atoms with E-state index in [0.29, 0.717) is 38.7 Å². The van der Waals surface area contributed by atoms with Crippen LogP contribution in [-0.2, 0) is 23.8 Å². The van der Waals surface area contributed by atoms with Crippen molar-refractivity contribution >= 4 is 31.0 Å². The molecule has 2 aliphatic heterocycles. The molecule has 0 saturated carbocycles. The maximum absolute atomic E-state index is 13.6. The summed E-state index contributed by atoms with van der Waals surface area (Å²) >= 11 is 0. The predicted molar refractivity (Wildman–Crippen MR) is 155 cm³/mol. The second-order valence-corrected chi connectivity index (χ2v) is 11.5. The number of unbranched alkanes of at least 4 members (excludes halogenated alkanes) is 2. The number of fused-ring (bicyclic) bond motifs is 3. The molecule has 2 saturated heterocycles. The van der Waals surface area contributed by atoms with E-state index in [2.05, 4.69) is 13.0 Å². The van der Waals surface area contributed by atoms with Crippen molar-refractivity contribution in [2.24, 2.45) is 17.8 Å². The summed E-state index contributed by atoms with van der Waals surface area (Å²) in [5.41, 5.74) is 4.11. The fourth-order valence-corrected chi connectivity index (χ4v) is 6.84. The van der Waals surface area contributed by atoms with E-state index < -0.39 is 31.0 Å². The quantitative estimate of drug-likeness (QED) is 0.130. The Hall–Kier alpha value is -2.95. The number of carboxylic acids is 1. The molecule has 2 heterocycles. The Bertz CT molecular complexity index is 1180. The smallest absolute Gasteiger partial charge is 0.455 e. The molecule has 3 aliphatic rings. The van der Waals surface area contributed by atoms with Crippen LogP contribution >= 0.6 is 0 Å². The Morgan fingerprint density at radius 1 is 1.15 bits per heavy atom. The van der Waals surface area contributed by atoms with Crippen LogP contribution in [0.2, 0.25) is 6.32 Å². The van der Waals surface area contributed by atoms with E-state index in [-0.39, 0.29) is 42.8 Å². The molecule has 1 aromatic rings. The Labute approximate surface area is 242 Å². The zero-order chi connectivity index (χ0) is 29.5. The van der Waals surface area contributed by atoms with Gasteiger partial charge in [-0.2, -0.15) is 0 Å². The molecule has 2 fully saturated rings. The Morgan fingerprint density at radius 2 is 1.95 bits per heavy atom. The van der Waals surface area contributed by atoms with Gasteiger partial charge in [-0.25, -0.2) is 0 Å². The lowest BCUT2D eigenvalue weighted by molar-refractivity contribution is -0.141. The second-order valence-electron chi connectivity index (χ2n) is 11.5. The highest BCUT2D eigenvalue weighted by Crippen LogP contribution is 2.50. The van der Waals surface area contributed by atoms with Gasteiger partial charge in [0.15, 0.2) is 0 Å². The number of nitrogens with zero attached hydrogens (tertiary/aromatic N) is 1. The number of phenolic OH excluding ortho intramolecular Hbond substituents is 1. The first-order valence-corrected chi connectivity index (χ1v) is 14.8. The van der Waals surface area contributed by atoms with Gasteiger partial charge in [0.25, 0.3) is 0 Å². The van der Waals surface area contributed by atoms with Crippen molar-refractivity contribution < 1.29 is 39.0 Å². The first kappa shape index (κ1) is 31.0. The van der Waals surface area contributed by atoms with E-state index in [4.69, 9.17) is 14.5 Å². The van der Waals surface area contributed by atoms with Crippen LogP contribution in [0.25, 0.3) is 6.08 Å². The highest BCUT2D eigenvalue weighted by Gasteiger charge is 2.57. The molecule has 2 amide bonds. The minimum absolute atomic E-state index is 0.0745. The number of hydrogen-bond acceptors (Lipinski definition) is 7. The Morgan fingerprint density at radius 3 is 2.66 bits per heavy atom. The third-order valence-electron chi connectivity index (χ3n) is 8.53. The van der Waals surface area contributed by atoms with Gasteiger partial charge in [-0.1, -0.05) is 43.5 Å². The zero-order valence-electron chi connectivity index (χ0n) is 24.1. The molecule has 222 valence electrons. The van der Waals surface area contributed by atoms with Crippen LogP contribution in [0.3, 0.4) is 0 Å². The second kappa shape index (κ2) is 14.3. The van der Waals surface area contributed by atoms with Crippen LogP contribution < -0.4 is 0 Å². The number of aromatic hydroxyl groups is 1. The van der Waals surface area contributed by atoms with Crippen LogP contribution in [0.5, 0.6) is 5.75 Å². The number of carboxylic acid groups (broad SMARTS) is 1. The van der Waals surface area contributed by atoms with Gasteiger partial charge >= 0.3 is 13.1 Å². The minimum Gasteiger partial charge on any atom is -0.508 e. The summed E-state index contributed by atoms with van der Waals surface area (Å²) in [5.74, 6) is -2.32. The zero-order valence-corrected chi connectivity index (χ0v) is 24.1. The van der Waals surface area contributed by atoms with E-state index in [0.717, 1.165) is 36.0 Å². The van der Waals surface area contributed by atoms with Gasteiger partial charge in [0.05, 0.1) is 24.5 Å². The summed E-state index contributed by atoms with van der Waals surface area (Å²) in [6.45, 7) is 2.74. The minimum atomic E-state index is -1.03. The molecule has 3 N–H and O–H groups in total. The molecule has 0 radical (unpaired) electrons. The fraction of sp³-hybridized carbons (Fsp3) is 0.581. The molecular formula is C31H42BNO8. The largest absolute Gasteiger partial charge is 0.508 e. The van der Waals surface area contributed by atoms with Crippen molar-refractivity contribution in [2.75, 3.05) is 20.3 Å². The molecule has 0 unspecified atom stereocenters. The van der Waals surface area contributed by atoms with E-state index >= 15 is 0 Å². The summed E-state index contributed by atoms with van der Waals surface area (Å²) in [4.78, 5) is 39.2. The normalized spacial score (nSPS) is 24.6. The highest BCUT2D eigenvalue weighted by molar-refractivity contribution is 6.43. The predicted octanol–water partition coefficient (Wildman–Crippen LogP) is 4.44. The third kappa shape index (κ3) is 7.47. The van der Waals surface area contributed by atoms with Gasteiger partial charge < -0.3 is 24.6 Å². The van der Waals surface area contributed by atoms with Gasteiger partial charge in [-0.15, -0.1) is 0 Å². The van der Waals surface area contributed by atoms with Crippen LogP contribution in [0.15, 0.2) is 41.0 Å². The molecule has 0 aromatic heterocycles. The maximum atomic E-state index is 13.6. The van der Waals surface area contributed by atoms with Gasteiger partial charge in [0, 0.05) is 20.1 Å². The van der Waals surface area contributed by atoms with Crippen molar-refractivity contribution in [1.82, 2.24) is 4.90 Å². The van der Waals surface area contributed by atoms with Gasteiger partial charge in [-0.3, -0.25) is 19.3 Å². The summed E-state index contributed by atoms with van der Waals surface area (Å²) in [6, 6.07) is 7.14. The number of allylic oxidation sites excluding steroid dienone is 1. The molecule has 9 nitrogen and oxygen atoms in total. The van der Waals surface area contributed by atoms with Crippen LogP contribution in [-0.4, -0.2) is 71.4 Å². The van der Waals surface area contributed by atoms with E-state index in [1.165, 1.54) is 10.5 Å². The Kier molecular flexibility index (Phi) is 10.8.